The summed E-state index contributed by atoms with van der Waals surface area (Å²) in [6.45, 7) is 4.78. The molecular formula is C13H24N2O3. The summed E-state index contributed by atoms with van der Waals surface area (Å²) in [5, 5.41) is 11.7. The fourth-order valence-electron chi connectivity index (χ4n) is 2.45. The van der Waals surface area contributed by atoms with Crippen LogP contribution in [0.3, 0.4) is 0 Å². The number of urea groups is 1. The van der Waals surface area contributed by atoms with Crippen LogP contribution in [0.15, 0.2) is 0 Å². The van der Waals surface area contributed by atoms with Crippen molar-refractivity contribution >= 4 is 12.0 Å². The highest BCUT2D eigenvalue weighted by atomic mass is 16.4. The third-order valence-electron chi connectivity index (χ3n) is 3.66. The number of carbonyl (C=O) groups excluding carboxylic acids is 1. The van der Waals surface area contributed by atoms with Gasteiger partial charge in [-0.1, -0.05) is 20.3 Å². The molecule has 0 aliphatic heterocycles. The van der Waals surface area contributed by atoms with E-state index in [-0.39, 0.29) is 12.6 Å². The van der Waals surface area contributed by atoms with E-state index >= 15 is 0 Å². The number of amides is 2. The maximum Gasteiger partial charge on any atom is 0.317 e. The molecule has 0 radical (unpaired) electrons. The predicted molar refractivity (Wildman–Crippen MR) is 69.3 cm³/mol. The summed E-state index contributed by atoms with van der Waals surface area (Å²) >= 11 is 0. The molecule has 2 N–H and O–H groups in total. The van der Waals surface area contributed by atoms with Crippen molar-refractivity contribution in [2.45, 2.75) is 33.1 Å². The highest BCUT2D eigenvalue weighted by molar-refractivity contribution is 5.75. The van der Waals surface area contributed by atoms with Gasteiger partial charge in [0.15, 0.2) is 0 Å². The molecule has 5 heteroatoms. The Morgan fingerprint density at radius 1 is 1.44 bits per heavy atom. The standard InChI is InChI=1S/C13H24N2O3/c1-9-4-5-11(6-9)7-14-13(18)15(3)8-10(2)12(16)17/h9-11H,4-8H2,1-3H3,(H,14,18)(H,16,17). The highest BCUT2D eigenvalue weighted by Gasteiger charge is 2.22. The Kier molecular flexibility index (Phi) is 5.44. The molecule has 1 rings (SSSR count). The van der Waals surface area contributed by atoms with Crippen LogP contribution in [-0.2, 0) is 4.79 Å². The Morgan fingerprint density at radius 2 is 2.11 bits per heavy atom. The van der Waals surface area contributed by atoms with E-state index in [9.17, 15) is 9.59 Å². The first kappa shape index (κ1) is 14.8. The van der Waals surface area contributed by atoms with Gasteiger partial charge in [-0.25, -0.2) is 4.79 Å². The molecule has 0 saturated heterocycles. The van der Waals surface area contributed by atoms with E-state index in [0.29, 0.717) is 12.5 Å². The van der Waals surface area contributed by atoms with Crippen molar-refractivity contribution in [3.8, 4) is 0 Å². The molecule has 1 saturated carbocycles. The van der Waals surface area contributed by atoms with Crippen LogP contribution >= 0.6 is 0 Å². The first-order valence-corrected chi connectivity index (χ1v) is 6.62. The lowest BCUT2D eigenvalue weighted by Gasteiger charge is -2.21. The van der Waals surface area contributed by atoms with E-state index in [1.807, 2.05) is 0 Å². The Labute approximate surface area is 109 Å². The number of hydrogen-bond acceptors (Lipinski definition) is 2. The lowest BCUT2D eigenvalue weighted by Crippen LogP contribution is -2.42. The average molecular weight is 256 g/mol. The van der Waals surface area contributed by atoms with Gasteiger partial charge in [-0.05, 0) is 24.7 Å². The molecular weight excluding hydrogens is 232 g/mol. The number of hydrogen-bond donors (Lipinski definition) is 2. The number of rotatable bonds is 5. The fourth-order valence-corrected chi connectivity index (χ4v) is 2.45. The maximum atomic E-state index is 11.8. The highest BCUT2D eigenvalue weighted by Crippen LogP contribution is 2.29. The van der Waals surface area contributed by atoms with Crippen LogP contribution in [-0.4, -0.2) is 42.1 Å². The molecule has 0 aromatic carbocycles. The summed E-state index contributed by atoms with van der Waals surface area (Å²) in [6, 6.07) is -0.178. The lowest BCUT2D eigenvalue weighted by atomic mass is 10.1. The van der Waals surface area contributed by atoms with Gasteiger partial charge in [0.1, 0.15) is 0 Å². The van der Waals surface area contributed by atoms with Crippen LogP contribution < -0.4 is 5.32 Å². The number of aliphatic carboxylic acids is 1. The normalized spacial score (nSPS) is 24.6. The van der Waals surface area contributed by atoms with Gasteiger partial charge < -0.3 is 15.3 Å². The van der Waals surface area contributed by atoms with Crippen molar-refractivity contribution < 1.29 is 14.7 Å². The van der Waals surface area contributed by atoms with Crippen molar-refractivity contribution in [2.24, 2.45) is 17.8 Å². The molecule has 3 atom stereocenters. The Balaban J connectivity index is 2.25. The van der Waals surface area contributed by atoms with E-state index in [1.165, 1.54) is 24.2 Å². The summed E-state index contributed by atoms with van der Waals surface area (Å²) in [5.74, 6) is -0.0718. The zero-order chi connectivity index (χ0) is 13.7. The van der Waals surface area contributed by atoms with Gasteiger partial charge in [0.2, 0.25) is 0 Å². The smallest absolute Gasteiger partial charge is 0.317 e. The number of nitrogens with zero attached hydrogens (tertiary/aromatic N) is 1. The first-order valence-electron chi connectivity index (χ1n) is 6.62. The fraction of sp³-hybridized carbons (Fsp3) is 0.846. The quantitative estimate of drug-likeness (QED) is 0.787. The molecule has 1 aliphatic rings. The second kappa shape index (κ2) is 6.61. The molecule has 0 bridgehead atoms. The maximum absolute atomic E-state index is 11.8. The molecule has 2 amide bonds. The monoisotopic (exact) mass is 256 g/mol. The van der Waals surface area contributed by atoms with Crippen molar-refractivity contribution in [3.05, 3.63) is 0 Å². The van der Waals surface area contributed by atoms with E-state index < -0.39 is 11.9 Å². The predicted octanol–water partition coefficient (Wildman–Crippen LogP) is 1.78. The lowest BCUT2D eigenvalue weighted by molar-refractivity contribution is -0.141. The van der Waals surface area contributed by atoms with E-state index in [4.69, 9.17) is 5.11 Å². The van der Waals surface area contributed by atoms with Gasteiger partial charge in [0.25, 0.3) is 0 Å². The van der Waals surface area contributed by atoms with Crippen molar-refractivity contribution in [1.29, 1.82) is 0 Å². The minimum atomic E-state index is -0.876. The van der Waals surface area contributed by atoms with Crippen LogP contribution in [0.5, 0.6) is 0 Å². The van der Waals surface area contributed by atoms with Crippen molar-refractivity contribution in [2.75, 3.05) is 20.1 Å². The second-order valence-electron chi connectivity index (χ2n) is 5.59. The molecule has 0 heterocycles. The summed E-state index contributed by atoms with van der Waals surface area (Å²) < 4.78 is 0. The molecule has 18 heavy (non-hydrogen) atoms. The number of carboxylic acid groups (broad SMARTS) is 1. The largest absolute Gasteiger partial charge is 0.481 e. The zero-order valence-electron chi connectivity index (χ0n) is 11.5. The van der Waals surface area contributed by atoms with Gasteiger partial charge >= 0.3 is 12.0 Å². The molecule has 1 fully saturated rings. The summed E-state index contributed by atoms with van der Waals surface area (Å²) in [6.07, 6.45) is 3.60. The molecule has 0 spiro atoms. The molecule has 1 aliphatic carbocycles. The van der Waals surface area contributed by atoms with Crippen LogP contribution in [0.1, 0.15) is 33.1 Å². The Bertz CT molecular complexity index is 307. The number of carbonyl (C=O) groups is 2. The summed E-state index contributed by atoms with van der Waals surface area (Å²) in [4.78, 5) is 23.9. The van der Waals surface area contributed by atoms with Crippen LogP contribution in [0.4, 0.5) is 4.79 Å². The van der Waals surface area contributed by atoms with Gasteiger partial charge in [-0.2, -0.15) is 0 Å². The number of nitrogens with one attached hydrogen (secondary N) is 1. The third kappa shape index (κ3) is 4.55. The van der Waals surface area contributed by atoms with Gasteiger partial charge in [-0.15, -0.1) is 0 Å². The Hall–Kier alpha value is -1.26. The van der Waals surface area contributed by atoms with E-state index in [2.05, 4.69) is 12.2 Å². The van der Waals surface area contributed by atoms with Crippen LogP contribution in [0.25, 0.3) is 0 Å². The van der Waals surface area contributed by atoms with E-state index in [1.54, 1.807) is 14.0 Å². The average Bonchev–Trinajstić information content (AvgIpc) is 2.71. The topological polar surface area (TPSA) is 69.6 Å². The zero-order valence-corrected chi connectivity index (χ0v) is 11.5. The first-order chi connectivity index (χ1) is 8.40. The minimum Gasteiger partial charge on any atom is -0.481 e. The van der Waals surface area contributed by atoms with Crippen molar-refractivity contribution in [1.82, 2.24) is 10.2 Å². The molecule has 104 valence electrons. The molecule has 3 unspecified atom stereocenters. The summed E-state index contributed by atoms with van der Waals surface area (Å²) in [7, 11) is 1.63. The van der Waals surface area contributed by atoms with Gasteiger partial charge in [0, 0.05) is 20.1 Å². The molecule has 0 aromatic heterocycles. The SMILES string of the molecule is CC1CCC(CNC(=O)N(C)CC(C)C(=O)O)C1. The van der Waals surface area contributed by atoms with Crippen LogP contribution in [0, 0.1) is 17.8 Å². The molecule has 5 nitrogen and oxygen atoms in total. The third-order valence-corrected chi connectivity index (χ3v) is 3.66. The minimum absolute atomic E-state index is 0.178. The second-order valence-corrected chi connectivity index (χ2v) is 5.59. The summed E-state index contributed by atoms with van der Waals surface area (Å²) in [5.41, 5.74) is 0. The van der Waals surface area contributed by atoms with Gasteiger partial charge in [0.05, 0.1) is 5.92 Å². The number of carboxylic acids is 1. The van der Waals surface area contributed by atoms with E-state index in [0.717, 1.165) is 5.92 Å². The molecule has 0 aromatic rings. The van der Waals surface area contributed by atoms with Crippen molar-refractivity contribution in [3.63, 3.8) is 0 Å². The van der Waals surface area contributed by atoms with Crippen LogP contribution in [0.2, 0.25) is 0 Å². The van der Waals surface area contributed by atoms with Gasteiger partial charge in [-0.3, -0.25) is 4.79 Å². The Morgan fingerprint density at radius 3 is 2.61 bits per heavy atom.